The lowest BCUT2D eigenvalue weighted by Gasteiger charge is -2.16. The summed E-state index contributed by atoms with van der Waals surface area (Å²) >= 11 is 6.02. The normalized spacial score (nSPS) is 12.7. The third kappa shape index (κ3) is 3.03. The predicted octanol–water partition coefficient (Wildman–Crippen LogP) is 3.19. The molecule has 1 unspecified atom stereocenters. The van der Waals surface area contributed by atoms with Crippen LogP contribution in [0.2, 0.25) is 5.02 Å². The molecule has 16 heavy (non-hydrogen) atoms. The molecule has 1 atom stereocenters. The average molecular weight is 245 g/mol. The van der Waals surface area contributed by atoms with Crippen molar-refractivity contribution >= 4 is 11.6 Å². The molecule has 0 amide bonds. The lowest BCUT2D eigenvalue weighted by molar-refractivity contribution is 0.196. The van der Waals surface area contributed by atoms with Crippen molar-refractivity contribution in [3.8, 4) is 11.5 Å². The van der Waals surface area contributed by atoms with E-state index in [9.17, 15) is 5.11 Å². The summed E-state index contributed by atoms with van der Waals surface area (Å²) in [6, 6.07) is 3.37. The van der Waals surface area contributed by atoms with Gasteiger partial charge in [0.05, 0.1) is 24.3 Å². The first-order valence-electron chi connectivity index (χ1n) is 5.17. The minimum atomic E-state index is -0.632. The number of aliphatic hydroxyl groups excluding tert-OH is 1. The summed E-state index contributed by atoms with van der Waals surface area (Å²) < 4.78 is 10.8. The van der Waals surface area contributed by atoms with Gasteiger partial charge in [-0.15, -0.1) is 0 Å². The van der Waals surface area contributed by atoms with Gasteiger partial charge in [0.15, 0.2) is 11.5 Å². The van der Waals surface area contributed by atoms with E-state index in [-0.39, 0.29) is 6.10 Å². The van der Waals surface area contributed by atoms with Gasteiger partial charge in [-0.25, -0.2) is 0 Å². The molecule has 0 spiro atoms. The molecule has 0 saturated carbocycles. The van der Waals surface area contributed by atoms with Crippen LogP contribution in [0.5, 0.6) is 11.5 Å². The first-order chi connectivity index (χ1) is 7.45. The van der Waals surface area contributed by atoms with Crippen molar-refractivity contribution in [2.75, 3.05) is 7.11 Å². The average Bonchev–Trinajstić information content (AvgIpc) is 2.18. The Morgan fingerprint density at radius 1 is 1.19 bits per heavy atom. The fourth-order valence-corrected chi connectivity index (χ4v) is 1.69. The smallest absolute Gasteiger partial charge is 0.162 e. The summed E-state index contributed by atoms with van der Waals surface area (Å²) in [6.07, 6.45) is -0.593. The van der Waals surface area contributed by atoms with E-state index in [1.165, 1.54) is 0 Å². The van der Waals surface area contributed by atoms with Crippen LogP contribution >= 0.6 is 11.6 Å². The molecule has 90 valence electrons. The maximum Gasteiger partial charge on any atom is 0.162 e. The minimum Gasteiger partial charge on any atom is -0.493 e. The van der Waals surface area contributed by atoms with Gasteiger partial charge < -0.3 is 14.6 Å². The van der Waals surface area contributed by atoms with Crippen molar-refractivity contribution in [1.29, 1.82) is 0 Å². The van der Waals surface area contributed by atoms with Gasteiger partial charge in [0.2, 0.25) is 0 Å². The highest BCUT2D eigenvalue weighted by Crippen LogP contribution is 2.36. The Kier molecular flexibility index (Phi) is 4.44. The molecule has 1 rings (SSSR count). The lowest BCUT2D eigenvalue weighted by atomic mass is 10.1. The number of aliphatic hydroxyl groups is 1. The van der Waals surface area contributed by atoms with Gasteiger partial charge >= 0.3 is 0 Å². The third-order valence-electron chi connectivity index (χ3n) is 2.10. The molecule has 1 N–H and O–H groups in total. The molecule has 0 aliphatic heterocycles. The fourth-order valence-electron chi connectivity index (χ4n) is 1.38. The zero-order valence-corrected chi connectivity index (χ0v) is 10.7. The van der Waals surface area contributed by atoms with Gasteiger partial charge in [0.25, 0.3) is 0 Å². The Hall–Kier alpha value is -0.930. The fraction of sp³-hybridized carbons (Fsp3) is 0.500. The summed E-state index contributed by atoms with van der Waals surface area (Å²) in [6.45, 7) is 5.51. The van der Waals surface area contributed by atoms with Crippen LogP contribution in [0, 0.1) is 0 Å². The number of halogens is 1. The first-order valence-corrected chi connectivity index (χ1v) is 5.55. The highest BCUT2D eigenvalue weighted by molar-refractivity contribution is 6.31. The molecule has 0 bridgehead atoms. The highest BCUT2D eigenvalue weighted by Gasteiger charge is 2.14. The van der Waals surface area contributed by atoms with Crippen LogP contribution < -0.4 is 9.47 Å². The SMILES string of the molecule is COc1cc(Cl)c(C(C)O)cc1OC(C)C. The number of hydrogen-bond donors (Lipinski definition) is 1. The standard InChI is InChI=1S/C12H17ClO3/c1-7(2)16-12-5-9(8(3)14)10(13)6-11(12)15-4/h5-8,14H,1-4H3. The maximum atomic E-state index is 9.55. The van der Waals surface area contributed by atoms with Crippen molar-refractivity contribution in [3.63, 3.8) is 0 Å². The van der Waals surface area contributed by atoms with E-state index >= 15 is 0 Å². The maximum absolute atomic E-state index is 9.55. The van der Waals surface area contributed by atoms with Crippen molar-refractivity contribution < 1.29 is 14.6 Å². The van der Waals surface area contributed by atoms with Crippen LogP contribution in [-0.4, -0.2) is 18.3 Å². The Morgan fingerprint density at radius 2 is 1.81 bits per heavy atom. The Labute approximate surface area is 101 Å². The number of methoxy groups -OCH3 is 1. The molecule has 1 aromatic carbocycles. The summed E-state index contributed by atoms with van der Waals surface area (Å²) in [7, 11) is 1.56. The van der Waals surface area contributed by atoms with Gasteiger partial charge in [-0.05, 0) is 26.8 Å². The quantitative estimate of drug-likeness (QED) is 0.884. The van der Waals surface area contributed by atoms with E-state index in [1.54, 1.807) is 26.2 Å². The van der Waals surface area contributed by atoms with Gasteiger partial charge in [0, 0.05) is 11.6 Å². The number of hydrogen-bond acceptors (Lipinski definition) is 3. The predicted molar refractivity (Wildman–Crippen MR) is 64.4 cm³/mol. The summed E-state index contributed by atoms with van der Waals surface area (Å²) in [4.78, 5) is 0. The second-order valence-corrected chi connectivity index (χ2v) is 4.27. The van der Waals surface area contributed by atoms with Gasteiger partial charge in [0.1, 0.15) is 0 Å². The molecular formula is C12H17ClO3. The molecule has 0 heterocycles. The zero-order valence-electron chi connectivity index (χ0n) is 9.95. The van der Waals surface area contributed by atoms with Crippen LogP contribution in [0.25, 0.3) is 0 Å². The van der Waals surface area contributed by atoms with Gasteiger partial charge in [-0.3, -0.25) is 0 Å². The van der Waals surface area contributed by atoms with Crippen molar-refractivity contribution in [1.82, 2.24) is 0 Å². The number of benzene rings is 1. The van der Waals surface area contributed by atoms with Crippen molar-refractivity contribution in [2.24, 2.45) is 0 Å². The zero-order chi connectivity index (χ0) is 12.3. The Morgan fingerprint density at radius 3 is 2.25 bits per heavy atom. The summed E-state index contributed by atoms with van der Waals surface area (Å²) in [5.74, 6) is 1.17. The Bertz CT molecular complexity index is 362. The molecular weight excluding hydrogens is 228 g/mol. The molecule has 0 radical (unpaired) electrons. The number of rotatable bonds is 4. The van der Waals surface area contributed by atoms with E-state index in [2.05, 4.69) is 0 Å². The molecule has 3 nitrogen and oxygen atoms in total. The van der Waals surface area contributed by atoms with E-state index in [0.29, 0.717) is 22.1 Å². The molecule has 0 aromatic heterocycles. The molecule has 0 aliphatic carbocycles. The van der Waals surface area contributed by atoms with Crippen LogP contribution in [0.3, 0.4) is 0 Å². The summed E-state index contributed by atoms with van der Waals surface area (Å²) in [5, 5.41) is 10.0. The molecule has 0 saturated heterocycles. The highest BCUT2D eigenvalue weighted by atomic mass is 35.5. The van der Waals surface area contributed by atoms with Crippen molar-refractivity contribution in [2.45, 2.75) is 33.0 Å². The van der Waals surface area contributed by atoms with E-state index < -0.39 is 6.10 Å². The van der Waals surface area contributed by atoms with E-state index in [0.717, 1.165) is 0 Å². The van der Waals surface area contributed by atoms with Crippen LogP contribution in [0.4, 0.5) is 0 Å². The van der Waals surface area contributed by atoms with E-state index in [4.69, 9.17) is 21.1 Å². The first kappa shape index (κ1) is 13.1. The monoisotopic (exact) mass is 244 g/mol. The minimum absolute atomic E-state index is 0.0388. The number of ether oxygens (including phenoxy) is 2. The summed E-state index contributed by atoms with van der Waals surface area (Å²) in [5.41, 5.74) is 0.637. The van der Waals surface area contributed by atoms with Crippen molar-refractivity contribution in [3.05, 3.63) is 22.7 Å². The Balaban J connectivity index is 3.17. The van der Waals surface area contributed by atoms with E-state index in [1.807, 2.05) is 13.8 Å². The van der Waals surface area contributed by atoms with Crippen LogP contribution in [0.15, 0.2) is 12.1 Å². The molecule has 1 aromatic rings. The second-order valence-electron chi connectivity index (χ2n) is 3.87. The van der Waals surface area contributed by atoms with Crippen LogP contribution in [-0.2, 0) is 0 Å². The molecule has 0 fully saturated rings. The van der Waals surface area contributed by atoms with Crippen LogP contribution in [0.1, 0.15) is 32.4 Å². The lowest BCUT2D eigenvalue weighted by Crippen LogP contribution is -2.07. The van der Waals surface area contributed by atoms with Gasteiger partial charge in [-0.1, -0.05) is 11.6 Å². The largest absolute Gasteiger partial charge is 0.493 e. The molecule has 0 aliphatic rings. The van der Waals surface area contributed by atoms with Gasteiger partial charge in [-0.2, -0.15) is 0 Å². The second kappa shape index (κ2) is 5.41. The third-order valence-corrected chi connectivity index (χ3v) is 2.42. The topological polar surface area (TPSA) is 38.7 Å². The molecule has 4 heteroatoms.